The van der Waals surface area contributed by atoms with Crippen molar-refractivity contribution in [3.05, 3.63) is 34.9 Å². The molecule has 1 aromatic rings. The Balaban J connectivity index is 1.69. The summed E-state index contributed by atoms with van der Waals surface area (Å²) in [6, 6.07) is 6.17. The minimum atomic E-state index is 0.222. The Labute approximate surface area is 127 Å². The van der Waals surface area contributed by atoms with Gasteiger partial charge in [-0.25, -0.2) is 0 Å². The Hall–Kier alpha value is -1.35. The van der Waals surface area contributed by atoms with Crippen LogP contribution in [0.4, 0.5) is 0 Å². The first-order chi connectivity index (χ1) is 10.1. The number of hydrogen-bond donors (Lipinski definition) is 1. The SMILES string of the molecule is Cc1ccc(C)c(C(=O)N2CCC3(CCNCC3)CC2)c1. The van der Waals surface area contributed by atoms with Crippen molar-refractivity contribution in [1.82, 2.24) is 10.2 Å². The summed E-state index contributed by atoms with van der Waals surface area (Å²) in [5.74, 6) is 0.222. The zero-order valence-electron chi connectivity index (χ0n) is 13.2. The molecule has 1 amide bonds. The fourth-order valence-corrected chi connectivity index (χ4v) is 3.78. The number of carbonyl (C=O) groups excluding carboxylic acids is 1. The predicted octanol–water partition coefficient (Wildman–Crippen LogP) is 2.91. The zero-order chi connectivity index (χ0) is 14.9. The molecule has 2 heterocycles. The van der Waals surface area contributed by atoms with Crippen LogP contribution in [-0.2, 0) is 0 Å². The average Bonchev–Trinajstić information content (AvgIpc) is 2.51. The lowest BCUT2D eigenvalue weighted by molar-refractivity contribution is 0.0495. The highest BCUT2D eigenvalue weighted by atomic mass is 16.2. The molecule has 3 heteroatoms. The third-order valence-corrected chi connectivity index (χ3v) is 5.40. The summed E-state index contributed by atoms with van der Waals surface area (Å²) in [6.45, 7) is 8.22. The minimum absolute atomic E-state index is 0.222. The molecular formula is C18H26N2O. The predicted molar refractivity (Wildman–Crippen MR) is 85.6 cm³/mol. The Morgan fingerprint density at radius 3 is 2.43 bits per heavy atom. The van der Waals surface area contributed by atoms with E-state index in [4.69, 9.17) is 0 Å². The maximum Gasteiger partial charge on any atom is 0.254 e. The van der Waals surface area contributed by atoms with Gasteiger partial charge in [-0.1, -0.05) is 17.7 Å². The monoisotopic (exact) mass is 286 g/mol. The van der Waals surface area contributed by atoms with Crippen molar-refractivity contribution in [1.29, 1.82) is 0 Å². The highest BCUT2D eigenvalue weighted by Gasteiger charge is 2.36. The number of aryl methyl sites for hydroxylation is 2. The molecule has 114 valence electrons. The molecule has 3 rings (SSSR count). The smallest absolute Gasteiger partial charge is 0.254 e. The molecule has 2 fully saturated rings. The van der Waals surface area contributed by atoms with Gasteiger partial charge >= 0.3 is 0 Å². The number of carbonyl (C=O) groups is 1. The lowest BCUT2D eigenvalue weighted by Gasteiger charge is -2.44. The van der Waals surface area contributed by atoms with E-state index in [9.17, 15) is 4.79 Å². The Bertz CT molecular complexity index is 522. The van der Waals surface area contributed by atoms with Crippen molar-refractivity contribution in [2.75, 3.05) is 26.2 Å². The van der Waals surface area contributed by atoms with Gasteiger partial charge in [-0.2, -0.15) is 0 Å². The molecule has 2 aliphatic heterocycles. The van der Waals surface area contributed by atoms with E-state index in [2.05, 4.69) is 29.3 Å². The molecule has 3 nitrogen and oxygen atoms in total. The number of nitrogens with one attached hydrogen (secondary N) is 1. The van der Waals surface area contributed by atoms with E-state index in [0.29, 0.717) is 5.41 Å². The van der Waals surface area contributed by atoms with E-state index in [-0.39, 0.29) is 5.91 Å². The van der Waals surface area contributed by atoms with E-state index < -0.39 is 0 Å². The molecule has 0 radical (unpaired) electrons. The van der Waals surface area contributed by atoms with Gasteiger partial charge in [0.05, 0.1) is 0 Å². The van der Waals surface area contributed by atoms with Crippen molar-refractivity contribution in [2.24, 2.45) is 5.41 Å². The number of nitrogens with zero attached hydrogens (tertiary/aromatic N) is 1. The van der Waals surface area contributed by atoms with Crippen molar-refractivity contribution < 1.29 is 4.79 Å². The maximum absolute atomic E-state index is 12.8. The lowest BCUT2D eigenvalue weighted by Crippen LogP contribution is -2.47. The largest absolute Gasteiger partial charge is 0.339 e. The van der Waals surface area contributed by atoms with Crippen LogP contribution >= 0.6 is 0 Å². The number of rotatable bonds is 1. The molecule has 0 unspecified atom stereocenters. The Morgan fingerprint density at radius 2 is 1.76 bits per heavy atom. The summed E-state index contributed by atoms with van der Waals surface area (Å²) < 4.78 is 0. The molecule has 21 heavy (non-hydrogen) atoms. The van der Waals surface area contributed by atoms with Gasteiger partial charge < -0.3 is 10.2 Å². The van der Waals surface area contributed by atoms with E-state index >= 15 is 0 Å². The molecule has 2 aliphatic rings. The average molecular weight is 286 g/mol. The first-order valence-corrected chi connectivity index (χ1v) is 8.17. The third kappa shape index (κ3) is 2.98. The molecule has 1 N–H and O–H groups in total. The summed E-state index contributed by atoms with van der Waals surface area (Å²) in [6.07, 6.45) is 4.90. The summed E-state index contributed by atoms with van der Waals surface area (Å²) in [5, 5.41) is 3.45. The van der Waals surface area contributed by atoms with Crippen LogP contribution in [0, 0.1) is 19.3 Å². The molecule has 0 aliphatic carbocycles. The quantitative estimate of drug-likeness (QED) is 0.861. The highest BCUT2D eigenvalue weighted by Crippen LogP contribution is 2.39. The standard InChI is InChI=1S/C18H26N2O/c1-14-3-4-15(2)16(13-14)17(21)20-11-7-18(8-12-20)5-9-19-10-6-18/h3-4,13,19H,5-12H2,1-2H3. The van der Waals surface area contributed by atoms with E-state index in [1.807, 2.05) is 13.0 Å². The van der Waals surface area contributed by atoms with Crippen molar-refractivity contribution in [3.8, 4) is 0 Å². The molecule has 1 spiro atoms. The molecule has 0 saturated carbocycles. The van der Waals surface area contributed by atoms with Gasteiger partial charge in [-0.3, -0.25) is 4.79 Å². The van der Waals surface area contributed by atoms with Crippen LogP contribution in [0.2, 0.25) is 0 Å². The van der Waals surface area contributed by atoms with Crippen LogP contribution in [0.1, 0.15) is 47.2 Å². The van der Waals surface area contributed by atoms with Gasteiger partial charge in [0.15, 0.2) is 0 Å². The maximum atomic E-state index is 12.8. The Kier molecular flexibility index (Phi) is 4.03. The number of benzene rings is 1. The van der Waals surface area contributed by atoms with Crippen molar-refractivity contribution in [2.45, 2.75) is 39.5 Å². The highest BCUT2D eigenvalue weighted by molar-refractivity contribution is 5.95. The third-order valence-electron chi connectivity index (χ3n) is 5.40. The molecule has 0 aromatic heterocycles. The second-order valence-electron chi connectivity index (χ2n) is 6.86. The first-order valence-electron chi connectivity index (χ1n) is 8.17. The fourth-order valence-electron chi connectivity index (χ4n) is 3.78. The van der Waals surface area contributed by atoms with Gasteiger partial charge in [-0.05, 0) is 69.7 Å². The van der Waals surface area contributed by atoms with E-state index in [1.165, 1.54) is 25.7 Å². The van der Waals surface area contributed by atoms with Crippen LogP contribution in [0.15, 0.2) is 18.2 Å². The van der Waals surface area contributed by atoms with Gasteiger partial charge in [-0.15, -0.1) is 0 Å². The summed E-state index contributed by atoms with van der Waals surface area (Å²) >= 11 is 0. The number of likely N-dealkylation sites (tertiary alicyclic amines) is 1. The summed E-state index contributed by atoms with van der Waals surface area (Å²) in [7, 11) is 0. The summed E-state index contributed by atoms with van der Waals surface area (Å²) in [4.78, 5) is 14.8. The van der Waals surface area contributed by atoms with Crippen LogP contribution < -0.4 is 5.32 Å². The summed E-state index contributed by atoms with van der Waals surface area (Å²) in [5.41, 5.74) is 3.64. The Morgan fingerprint density at radius 1 is 1.10 bits per heavy atom. The van der Waals surface area contributed by atoms with Crippen LogP contribution in [-0.4, -0.2) is 37.0 Å². The van der Waals surface area contributed by atoms with Crippen molar-refractivity contribution >= 4 is 5.91 Å². The molecule has 0 atom stereocenters. The molecule has 1 aromatic carbocycles. The lowest BCUT2D eigenvalue weighted by atomic mass is 9.71. The molecule has 0 bridgehead atoms. The molecule has 2 saturated heterocycles. The van der Waals surface area contributed by atoms with E-state index in [1.54, 1.807) is 0 Å². The van der Waals surface area contributed by atoms with Gasteiger partial charge in [0.2, 0.25) is 0 Å². The second-order valence-corrected chi connectivity index (χ2v) is 6.86. The van der Waals surface area contributed by atoms with Gasteiger partial charge in [0.25, 0.3) is 5.91 Å². The van der Waals surface area contributed by atoms with Crippen LogP contribution in [0.3, 0.4) is 0 Å². The molecular weight excluding hydrogens is 260 g/mol. The minimum Gasteiger partial charge on any atom is -0.339 e. The zero-order valence-corrected chi connectivity index (χ0v) is 13.2. The van der Waals surface area contributed by atoms with Crippen LogP contribution in [0.5, 0.6) is 0 Å². The van der Waals surface area contributed by atoms with Gasteiger partial charge in [0.1, 0.15) is 0 Å². The topological polar surface area (TPSA) is 32.3 Å². The number of amides is 1. The normalized spacial score (nSPS) is 21.5. The first kappa shape index (κ1) is 14.6. The van der Waals surface area contributed by atoms with Crippen molar-refractivity contribution in [3.63, 3.8) is 0 Å². The van der Waals surface area contributed by atoms with E-state index in [0.717, 1.165) is 42.9 Å². The number of piperidine rings is 2. The number of hydrogen-bond acceptors (Lipinski definition) is 2. The van der Waals surface area contributed by atoms with Crippen LogP contribution in [0.25, 0.3) is 0 Å². The second kappa shape index (κ2) is 5.80. The fraction of sp³-hybridized carbons (Fsp3) is 0.611. The van der Waals surface area contributed by atoms with Gasteiger partial charge in [0, 0.05) is 18.7 Å².